The molecule has 2 amide bonds. The van der Waals surface area contributed by atoms with Crippen LogP contribution >= 0.6 is 22.9 Å². The Bertz CT molecular complexity index is 378. The summed E-state index contributed by atoms with van der Waals surface area (Å²) >= 11 is 6.48. The van der Waals surface area contributed by atoms with Crippen LogP contribution in [0.3, 0.4) is 0 Å². The van der Waals surface area contributed by atoms with Gasteiger partial charge in [0.1, 0.15) is 4.34 Å². The Kier molecular flexibility index (Phi) is 3.28. The molecule has 0 bridgehead atoms. The lowest BCUT2D eigenvalue weighted by Gasteiger charge is -1.94. The van der Waals surface area contributed by atoms with E-state index in [2.05, 4.69) is 0 Å². The molecule has 0 atom stereocenters. The molecule has 1 aromatic heterocycles. The van der Waals surface area contributed by atoms with Crippen molar-refractivity contribution in [2.75, 3.05) is 5.32 Å². The molecule has 0 saturated carbocycles. The summed E-state index contributed by atoms with van der Waals surface area (Å²) in [6, 6.07) is 1.23. The molecule has 4 N–H and O–H groups in total. The van der Waals surface area contributed by atoms with Crippen LogP contribution in [-0.4, -0.2) is 22.3 Å². The SMILES string of the molecule is O=C(O)Nc1cc(C(=O)NO)sc1Cl. The zero-order valence-electron chi connectivity index (χ0n) is 6.57. The number of anilines is 1. The van der Waals surface area contributed by atoms with Gasteiger partial charge >= 0.3 is 6.09 Å². The van der Waals surface area contributed by atoms with E-state index in [1.165, 1.54) is 11.5 Å². The lowest BCUT2D eigenvalue weighted by molar-refractivity contribution is 0.0711. The highest BCUT2D eigenvalue weighted by Gasteiger charge is 2.14. The molecule has 1 rings (SSSR count). The van der Waals surface area contributed by atoms with E-state index in [-0.39, 0.29) is 14.9 Å². The Labute approximate surface area is 87.1 Å². The summed E-state index contributed by atoms with van der Waals surface area (Å²) in [5.41, 5.74) is 1.53. The Hall–Kier alpha value is -1.31. The van der Waals surface area contributed by atoms with Crippen LogP contribution in [-0.2, 0) is 0 Å². The third kappa shape index (κ3) is 2.34. The second-order valence-corrected chi connectivity index (χ2v) is 3.82. The van der Waals surface area contributed by atoms with Crippen LogP contribution in [0.25, 0.3) is 0 Å². The molecule has 0 saturated heterocycles. The first-order valence-corrected chi connectivity index (χ1v) is 4.47. The molecule has 0 aliphatic carbocycles. The number of carbonyl (C=O) groups is 2. The van der Waals surface area contributed by atoms with Crippen molar-refractivity contribution in [1.29, 1.82) is 0 Å². The number of amides is 2. The van der Waals surface area contributed by atoms with Gasteiger partial charge in [-0.2, -0.15) is 0 Å². The third-order valence-electron chi connectivity index (χ3n) is 1.25. The highest BCUT2D eigenvalue weighted by atomic mass is 35.5. The van der Waals surface area contributed by atoms with E-state index in [4.69, 9.17) is 21.9 Å². The van der Waals surface area contributed by atoms with Crippen molar-refractivity contribution < 1.29 is 19.9 Å². The number of halogens is 1. The number of hydrogen-bond donors (Lipinski definition) is 4. The highest BCUT2D eigenvalue weighted by Crippen LogP contribution is 2.31. The van der Waals surface area contributed by atoms with Crippen LogP contribution in [0.4, 0.5) is 10.5 Å². The second-order valence-electron chi connectivity index (χ2n) is 2.17. The van der Waals surface area contributed by atoms with E-state index < -0.39 is 12.0 Å². The molecule has 0 aliphatic heterocycles. The lowest BCUT2D eigenvalue weighted by Crippen LogP contribution is -2.17. The van der Waals surface area contributed by atoms with E-state index in [0.29, 0.717) is 0 Å². The molecule has 8 heteroatoms. The minimum Gasteiger partial charge on any atom is -0.465 e. The molecule has 0 aliphatic rings. The van der Waals surface area contributed by atoms with Crippen LogP contribution in [0.2, 0.25) is 4.34 Å². The largest absolute Gasteiger partial charge is 0.465 e. The van der Waals surface area contributed by atoms with Gasteiger partial charge in [0.05, 0.1) is 10.6 Å². The Balaban J connectivity index is 2.93. The average Bonchev–Trinajstić information content (AvgIpc) is 2.46. The van der Waals surface area contributed by atoms with Crippen LogP contribution < -0.4 is 10.8 Å². The van der Waals surface area contributed by atoms with E-state index in [1.54, 1.807) is 0 Å². The molecule has 1 heterocycles. The van der Waals surface area contributed by atoms with E-state index in [9.17, 15) is 9.59 Å². The van der Waals surface area contributed by atoms with Crippen molar-refractivity contribution in [1.82, 2.24) is 5.48 Å². The lowest BCUT2D eigenvalue weighted by atomic mass is 10.4. The van der Waals surface area contributed by atoms with Gasteiger partial charge in [0, 0.05) is 0 Å². The van der Waals surface area contributed by atoms with Crippen molar-refractivity contribution in [2.45, 2.75) is 0 Å². The molecule has 14 heavy (non-hydrogen) atoms. The Morgan fingerprint density at radius 2 is 2.14 bits per heavy atom. The fraction of sp³-hybridized carbons (Fsp3) is 0. The van der Waals surface area contributed by atoms with Gasteiger partial charge in [-0.3, -0.25) is 15.3 Å². The molecule has 6 nitrogen and oxygen atoms in total. The summed E-state index contributed by atoms with van der Waals surface area (Å²) in [6.07, 6.45) is -1.28. The molecule has 1 aromatic rings. The number of hydrogen-bond acceptors (Lipinski definition) is 4. The first kappa shape index (κ1) is 10.8. The topological polar surface area (TPSA) is 98.7 Å². The molecule has 0 radical (unpaired) electrons. The monoisotopic (exact) mass is 236 g/mol. The quantitative estimate of drug-likeness (QED) is 0.463. The summed E-state index contributed by atoms with van der Waals surface area (Å²) < 4.78 is 0.131. The van der Waals surface area contributed by atoms with E-state index in [0.717, 1.165) is 11.3 Å². The predicted molar refractivity (Wildman–Crippen MR) is 50.2 cm³/mol. The first-order valence-electron chi connectivity index (χ1n) is 3.28. The zero-order chi connectivity index (χ0) is 10.7. The number of nitrogens with one attached hydrogen (secondary N) is 2. The Morgan fingerprint density at radius 1 is 1.50 bits per heavy atom. The zero-order valence-corrected chi connectivity index (χ0v) is 8.15. The number of thiophene rings is 1. The molecule has 76 valence electrons. The van der Waals surface area contributed by atoms with Gasteiger partial charge in [-0.1, -0.05) is 11.6 Å². The molecular formula is C6H5ClN2O4S. The number of carbonyl (C=O) groups excluding carboxylic acids is 1. The fourth-order valence-electron chi connectivity index (χ4n) is 0.736. The van der Waals surface area contributed by atoms with Gasteiger partial charge in [0.25, 0.3) is 5.91 Å². The fourth-order valence-corrected chi connectivity index (χ4v) is 1.82. The summed E-state index contributed by atoms with van der Waals surface area (Å²) in [4.78, 5) is 21.2. The van der Waals surface area contributed by atoms with Crippen molar-refractivity contribution >= 4 is 40.6 Å². The highest BCUT2D eigenvalue weighted by molar-refractivity contribution is 7.18. The van der Waals surface area contributed by atoms with Gasteiger partial charge in [-0.25, -0.2) is 10.3 Å². The van der Waals surface area contributed by atoms with Crippen LogP contribution in [0.15, 0.2) is 6.07 Å². The van der Waals surface area contributed by atoms with Crippen LogP contribution in [0, 0.1) is 0 Å². The first-order chi connectivity index (χ1) is 6.54. The van der Waals surface area contributed by atoms with Gasteiger partial charge in [-0.15, -0.1) is 11.3 Å². The number of rotatable bonds is 2. The maximum absolute atomic E-state index is 10.9. The molecule has 0 aromatic carbocycles. The van der Waals surface area contributed by atoms with E-state index in [1.807, 2.05) is 5.32 Å². The molecule has 0 unspecified atom stereocenters. The minimum atomic E-state index is -1.28. The van der Waals surface area contributed by atoms with Crippen LogP contribution in [0.5, 0.6) is 0 Å². The summed E-state index contributed by atoms with van der Waals surface area (Å²) in [5, 5.41) is 18.7. The van der Waals surface area contributed by atoms with E-state index >= 15 is 0 Å². The van der Waals surface area contributed by atoms with Crippen molar-refractivity contribution in [2.24, 2.45) is 0 Å². The number of carboxylic acid groups (broad SMARTS) is 1. The third-order valence-corrected chi connectivity index (χ3v) is 2.61. The minimum absolute atomic E-state index is 0.112. The second kappa shape index (κ2) is 4.27. The van der Waals surface area contributed by atoms with Crippen molar-refractivity contribution in [3.63, 3.8) is 0 Å². The smallest absolute Gasteiger partial charge is 0.409 e. The Morgan fingerprint density at radius 3 is 2.64 bits per heavy atom. The maximum atomic E-state index is 10.9. The summed E-state index contributed by atoms with van der Waals surface area (Å²) in [7, 11) is 0. The van der Waals surface area contributed by atoms with Gasteiger partial charge < -0.3 is 5.11 Å². The molecular weight excluding hydrogens is 232 g/mol. The normalized spacial score (nSPS) is 9.57. The standard InChI is InChI=1S/C6H5ClN2O4S/c7-4-2(8-6(11)12)1-3(14-4)5(10)9-13/h1,8,13H,(H,9,10)(H,11,12). The maximum Gasteiger partial charge on any atom is 0.409 e. The van der Waals surface area contributed by atoms with Crippen molar-refractivity contribution in [3.8, 4) is 0 Å². The number of hydroxylamine groups is 1. The predicted octanol–water partition coefficient (Wildman–Crippen LogP) is 1.61. The van der Waals surface area contributed by atoms with Gasteiger partial charge in [0.2, 0.25) is 0 Å². The van der Waals surface area contributed by atoms with Crippen LogP contribution in [0.1, 0.15) is 9.67 Å². The van der Waals surface area contributed by atoms with Crippen molar-refractivity contribution in [3.05, 3.63) is 15.3 Å². The average molecular weight is 237 g/mol. The van der Waals surface area contributed by atoms with Gasteiger partial charge in [0.15, 0.2) is 0 Å². The molecule has 0 spiro atoms. The summed E-state index contributed by atoms with van der Waals surface area (Å²) in [5.74, 6) is -0.740. The van der Waals surface area contributed by atoms with Gasteiger partial charge in [-0.05, 0) is 6.07 Å². The summed E-state index contributed by atoms with van der Waals surface area (Å²) in [6.45, 7) is 0. The molecule has 0 fully saturated rings.